The van der Waals surface area contributed by atoms with Crippen LogP contribution in [0.2, 0.25) is 0 Å². The number of nitrogens with zero attached hydrogens (tertiary/aromatic N) is 4. The minimum Gasteiger partial charge on any atom is -0.341 e. The maximum atomic E-state index is 13.1. The molecule has 2 aliphatic heterocycles. The molecule has 8 nitrogen and oxygen atoms in total. The highest BCUT2D eigenvalue weighted by Crippen LogP contribution is 2.36. The average molecular weight is 391 g/mol. The molecular formula is C21H21N5O3. The number of nitrogens with one attached hydrogen (secondary N) is 1. The van der Waals surface area contributed by atoms with Gasteiger partial charge in [0.25, 0.3) is 5.91 Å². The highest BCUT2D eigenvalue weighted by Gasteiger charge is 2.50. The molecule has 2 aliphatic rings. The number of fused-ring (bicyclic) bond motifs is 1. The summed E-state index contributed by atoms with van der Waals surface area (Å²) in [6, 6.07) is 12.7. The predicted octanol–water partition coefficient (Wildman–Crippen LogP) is 1.89. The molecule has 8 heteroatoms. The Bertz CT molecular complexity index is 976. The van der Waals surface area contributed by atoms with E-state index in [0.29, 0.717) is 17.9 Å². The predicted molar refractivity (Wildman–Crippen MR) is 106 cm³/mol. The number of carbonyl (C=O) groups is 3. The van der Waals surface area contributed by atoms with Gasteiger partial charge in [0.1, 0.15) is 11.9 Å². The molecule has 2 aromatic rings. The number of hydrogen-bond acceptors (Lipinski definition) is 5. The Hall–Kier alpha value is -3.68. The zero-order valence-corrected chi connectivity index (χ0v) is 16.1. The molecule has 1 saturated heterocycles. The maximum Gasteiger partial charge on any atom is 0.327 e. The van der Waals surface area contributed by atoms with E-state index in [9.17, 15) is 14.4 Å². The van der Waals surface area contributed by atoms with Crippen LogP contribution in [0.15, 0.2) is 66.6 Å². The van der Waals surface area contributed by atoms with Crippen molar-refractivity contribution in [3.63, 3.8) is 0 Å². The molecule has 1 aromatic heterocycles. The SMILES string of the molecule is CN1C(=O)C2C=C(C(=O)Nc3cccnc3)N(Cc3ccccc3)C2N(C)C1=O. The fraction of sp³-hybridized carbons (Fsp3) is 0.238. The molecule has 1 aromatic carbocycles. The van der Waals surface area contributed by atoms with Gasteiger partial charge in [0, 0.05) is 26.8 Å². The summed E-state index contributed by atoms with van der Waals surface area (Å²) in [5.41, 5.74) is 1.89. The Morgan fingerprint density at radius 3 is 2.55 bits per heavy atom. The standard InChI is InChI=1S/C21H21N5O3/c1-24-19-16(20(28)25(2)21(24)29)11-17(18(27)23-15-9-6-10-22-12-15)26(19)13-14-7-4-3-5-8-14/h3-12,16,19H,13H2,1-2H3,(H,23,27). The van der Waals surface area contributed by atoms with E-state index in [1.54, 1.807) is 37.7 Å². The smallest absolute Gasteiger partial charge is 0.327 e. The van der Waals surface area contributed by atoms with Crippen molar-refractivity contribution in [3.8, 4) is 0 Å². The van der Waals surface area contributed by atoms with Gasteiger partial charge in [-0.1, -0.05) is 30.3 Å². The molecular weight excluding hydrogens is 370 g/mol. The number of pyridine rings is 1. The summed E-state index contributed by atoms with van der Waals surface area (Å²) in [5, 5.41) is 2.82. The first-order chi connectivity index (χ1) is 14.0. The number of rotatable bonds is 4. The van der Waals surface area contributed by atoms with E-state index in [2.05, 4.69) is 10.3 Å². The number of hydrogen-bond donors (Lipinski definition) is 1. The Morgan fingerprint density at radius 1 is 1.10 bits per heavy atom. The van der Waals surface area contributed by atoms with Gasteiger partial charge in [0.15, 0.2) is 0 Å². The molecule has 3 heterocycles. The molecule has 29 heavy (non-hydrogen) atoms. The van der Waals surface area contributed by atoms with Gasteiger partial charge < -0.3 is 15.1 Å². The summed E-state index contributed by atoms with van der Waals surface area (Å²) in [6.07, 6.45) is 4.27. The first-order valence-electron chi connectivity index (χ1n) is 9.25. The quantitative estimate of drug-likeness (QED) is 0.860. The number of urea groups is 1. The fourth-order valence-corrected chi connectivity index (χ4v) is 3.80. The molecule has 0 bridgehead atoms. The van der Waals surface area contributed by atoms with Gasteiger partial charge in [0.05, 0.1) is 17.8 Å². The number of carbonyl (C=O) groups excluding carboxylic acids is 3. The molecule has 4 rings (SSSR count). The van der Waals surface area contributed by atoms with Crippen molar-refractivity contribution in [1.29, 1.82) is 0 Å². The number of imide groups is 1. The third-order valence-corrected chi connectivity index (χ3v) is 5.24. The monoisotopic (exact) mass is 391 g/mol. The average Bonchev–Trinajstić information content (AvgIpc) is 3.11. The third kappa shape index (κ3) is 3.33. The van der Waals surface area contributed by atoms with E-state index in [4.69, 9.17) is 0 Å². The van der Waals surface area contributed by atoms with E-state index >= 15 is 0 Å². The van der Waals surface area contributed by atoms with Gasteiger partial charge in [-0.3, -0.25) is 19.5 Å². The highest BCUT2D eigenvalue weighted by atomic mass is 16.2. The first-order valence-corrected chi connectivity index (χ1v) is 9.25. The lowest BCUT2D eigenvalue weighted by atomic mass is 10.0. The molecule has 1 N–H and O–H groups in total. The van der Waals surface area contributed by atoms with Gasteiger partial charge in [-0.15, -0.1) is 0 Å². The van der Waals surface area contributed by atoms with Crippen LogP contribution >= 0.6 is 0 Å². The number of aromatic nitrogens is 1. The van der Waals surface area contributed by atoms with Crippen LogP contribution in [0, 0.1) is 5.92 Å². The lowest BCUT2D eigenvalue weighted by Crippen LogP contribution is -2.61. The second kappa shape index (κ2) is 7.38. The number of amides is 4. The molecule has 4 amide bonds. The largest absolute Gasteiger partial charge is 0.341 e. The fourth-order valence-electron chi connectivity index (χ4n) is 3.80. The van der Waals surface area contributed by atoms with E-state index in [1.807, 2.05) is 35.2 Å². The van der Waals surface area contributed by atoms with Crippen LogP contribution in [0.1, 0.15) is 5.56 Å². The Labute approximate surface area is 168 Å². The van der Waals surface area contributed by atoms with Gasteiger partial charge in [-0.05, 0) is 23.8 Å². The van der Waals surface area contributed by atoms with Crippen molar-refractivity contribution < 1.29 is 14.4 Å². The highest BCUT2D eigenvalue weighted by molar-refractivity contribution is 6.06. The van der Waals surface area contributed by atoms with Crippen LogP contribution in [0.3, 0.4) is 0 Å². The summed E-state index contributed by atoms with van der Waals surface area (Å²) >= 11 is 0. The molecule has 0 spiro atoms. The number of anilines is 1. The summed E-state index contributed by atoms with van der Waals surface area (Å²) in [6.45, 7) is 0.392. The molecule has 148 valence electrons. The first kappa shape index (κ1) is 18.7. The lowest BCUT2D eigenvalue weighted by Gasteiger charge is -2.43. The van der Waals surface area contributed by atoms with Crippen molar-refractivity contribution in [2.24, 2.45) is 5.92 Å². The van der Waals surface area contributed by atoms with Crippen molar-refractivity contribution >= 4 is 23.5 Å². The second-order valence-corrected chi connectivity index (χ2v) is 7.09. The van der Waals surface area contributed by atoms with Gasteiger partial charge in [-0.25, -0.2) is 4.79 Å². The topological polar surface area (TPSA) is 85.8 Å². The maximum absolute atomic E-state index is 13.1. The molecule has 0 radical (unpaired) electrons. The van der Waals surface area contributed by atoms with Crippen LogP contribution in [-0.4, -0.2) is 57.8 Å². The zero-order chi connectivity index (χ0) is 20.5. The summed E-state index contributed by atoms with van der Waals surface area (Å²) in [5.74, 6) is -1.28. The molecule has 0 aliphatic carbocycles. The third-order valence-electron chi connectivity index (χ3n) is 5.24. The van der Waals surface area contributed by atoms with Crippen LogP contribution in [0.4, 0.5) is 10.5 Å². The summed E-state index contributed by atoms with van der Waals surface area (Å²) in [4.78, 5) is 46.8. The van der Waals surface area contributed by atoms with Gasteiger partial charge in [-0.2, -0.15) is 0 Å². The minimum atomic E-state index is -0.610. The molecule has 2 atom stereocenters. The van der Waals surface area contributed by atoms with E-state index in [0.717, 1.165) is 10.5 Å². The molecule has 0 saturated carbocycles. The number of benzene rings is 1. The minimum absolute atomic E-state index is 0.319. The van der Waals surface area contributed by atoms with E-state index < -0.39 is 18.1 Å². The molecule has 2 unspecified atom stereocenters. The summed E-state index contributed by atoms with van der Waals surface area (Å²) in [7, 11) is 3.11. The van der Waals surface area contributed by atoms with E-state index in [1.165, 1.54) is 11.9 Å². The van der Waals surface area contributed by atoms with Crippen molar-refractivity contribution in [3.05, 3.63) is 72.2 Å². The van der Waals surface area contributed by atoms with Gasteiger partial charge >= 0.3 is 6.03 Å². The van der Waals surface area contributed by atoms with Crippen molar-refractivity contribution in [2.45, 2.75) is 12.7 Å². The zero-order valence-electron chi connectivity index (χ0n) is 16.1. The van der Waals surface area contributed by atoms with Crippen LogP contribution in [0.25, 0.3) is 0 Å². The Balaban J connectivity index is 1.69. The second-order valence-electron chi connectivity index (χ2n) is 7.09. The van der Waals surface area contributed by atoms with Crippen LogP contribution in [0.5, 0.6) is 0 Å². The van der Waals surface area contributed by atoms with Crippen LogP contribution in [-0.2, 0) is 16.1 Å². The molecule has 1 fully saturated rings. The lowest BCUT2D eigenvalue weighted by molar-refractivity contribution is -0.137. The Morgan fingerprint density at radius 2 is 1.86 bits per heavy atom. The van der Waals surface area contributed by atoms with Gasteiger partial charge in [0.2, 0.25) is 5.91 Å². The van der Waals surface area contributed by atoms with Crippen molar-refractivity contribution in [2.75, 3.05) is 19.4 Å². The summed E-state index contributed by atoms with van der Waals surface area (Å²) < 4.78 is 0. The normalized spacial score (nSPS) is 21.2. The van der Waals surface area contributed by atoms with Crippen LogP contribution < -0.4 is 5.32 Å². The van der Waals surface area contributed by atoms with E-state index in [-0.39, 0.29) is 11.8 Å². The Kier molecular flexibility index (Phi) is 4.75. The van der Waals surface area contributed by atoms with Crippen molar-refractivity contribution in [1.82, 2.24) is 19.7 Å².